The van der Waals surface area contributed by atoms with E-state index in [0.717, 1.165) is 12.1 Å². The predicted octanol–water partition coefficient (Wildman–Crippen LogP) is 1.18. The Morgan fingerprint density at radius 3 is 3.00 bits per heavy atom. The normalized spacial score (nSPS) is 34.6. The van der Waals surface area contributed by atoms with Gasteiger partial charge in [-0.15, -0.1) is 0 Å². The Balaban J connectivity index is 1.73. The summed E-state index contributed by atoms with van der Waals surface area (Å²) in [6, 6.07) is 1.63. The largest absolute Gasteiger partial charge is 0.313 e. The molecule has 0 aromatic rings. The van der Waals surface area contributed by atoms with E-state index in [1.165, 1.54) is 43.9 Å². The second kappa shape index (κ2) is 4.67. The van der Waals surface area contributed by atoms with Gasteiger partial charge in [0.15, 0.2) is 0 Å². The van der Waals surface area contributed by atoms with Gasteiger partial charge in [-0.05, 0) is 38.6 Å². The van der Waals surface area contributed by atoms with Crippen molar-refractivity contribution < 1.29 is 0 Å². The molecule has 2 atom stereocenters. The van der Waals surface area contributed by atoms with Gasteiger partial charge < -0.3 is 10.2 Å². The topological polar surface area (TPSA) is 15.3 Å². The lowest BCUT2D eigenvalue weighted by Gasteiger charge is -2.26. The average Bonchev–Trinajstić information content (AvgIpc) is 2.74. The van der Waals surface area contributed by atoms with Gasteiger partial charge in [0.25, 0.3) is 0 Å². The van der Waals surface area contributed by atoms with Gasteiger partial charge in [0.1, 0.15) is 0 Å². The van der Waals surface area contributed by atoms with Crippen molar-refractivity contribution in [1.82, 2.24) is 10.2 Å². The Kier molecular flexibility index (Phi) is 3.52. The third-order valence-electron chi connectivity index (χ3n) is 3.20. The molecule has 0 aromatic carbocycles. The highest BCUT2D eigenvalue weighted by molar-refractivity contribution is 7.99. The van der Waals surface area contributed by atoms with Crippen molar-refractivity contribution in [3.8, 4) is 0 Å². The van der Waals surface area contributed by atoms with Gasteiger partial charge in [-0.1, -0.05) is 0 Å². The van der Waals surface area contributed by atoms with Gasteiger partial charge in [0.05, 0.1) is 0 Å². The van der Waals surface area contributed by atoms with Crippen molar-refractivity contribution in [3.05, 3.63) is 0 Å². The van der Waals surface area contributed by atoms with E-state index in [1.807, 2.05) is 0 Å². The molecule has 2 rings (SSSR count). The molecule has 2 fully saturated rings. The van der Waals surface area contributed by atoms with Crippen LogP contribution in [0.2, 0.25) is 0 Å². The first kappa shape index (κ1) is 9.81. The first-order valence-corrected chi connectivity index (χ1v) is 6.53. The van der Waals surface area contributed by atoms with Crippen molar-refractivity contribution >= 4 is 11.8 Å². The third-order valence-corrected chi connectivity index (χ3v) is 4.34. The van der Waals surface area contributed by atoms with Crippen molar-refractivity contribution in [2.75, 3.05) is 31.6 Å². The highest BCUT2D eigenvalue weighted by Crippen LogP contribution is 2.21. The summed E-state index contributed by atoms with van der Waals surface area (Å²) >= 11 is 2.11. The van der Waals surface area contributed by atoms with Crippen LogP contribution in [0, 0.1) is 0 Å². The summed E-state index contributed by atoms with van der Waals surface area (Å²) in [6.45, 7) is 2.49. The molecule has 0 saturated carbocycles. The van der Waals surface area contributed by atoms with Gasteiger partial charge in [0.2, 0.25) is 0 Å². The maximum absolute atomic E-state index is 3.56. The van der Waals surface area contributed by atoms with Crippen molar-refractivity contribution in [2.24, 2.45) is 0 Å². The number of rotatable bonds is 3. The van der Waals surface area contributed by atoms with E-state index in [1.54, 1.807) is 0 Å². The number of nitrogens with zero attached hydrogens (tertiary/aromatic N) is 1. The summed E-state index contributed by atoms with van der Waals surface area (Å²) in [5.74, 6) is 2.72. The Hall–Kier alpha value is 0.270. The Morgan fingerprint density at radius 1 is 1.46 bits per heavy atom. The summed E-state index contributed by atoms with van der Waals surface area (Å²) < 4.78 is 0. The Bertz CT molecular complexity index is 151. The quantitative estimate of drug-likeness (QED) is 0.736. The van der Waals surface area contributed by atoms with Crippen LogP contribution in [0.3, 0.4) is 0 Å². The summed E-state index contributed by atoms with van der Waals surface area (Å²) in [5.41, 5.74) is 0. The van der Waals surface area contributed by atoms with E-state index in [0.29, 0.717) is 0 Å². The standard InChI is InChI=1S/C10H20N2S/c1-12(10-4-6-13-8-10)7-9-3-2-5-11-9/h9-11H,2-8H2,1H3/t9-,10?/m1/s1. The van der Waals surface area contributed by atoms with Crippen LogP contribution < -0.4 is 5.32 Å². The second-order valence-electron chi connectivity index (χ2n) is 4.25. The zero-order valence-corrected chi connectivity index (χ0v) is 9.28. The molecule has 2 saturated heterocycles. The molecule has 3 heteroatoms. The van der Waals surface area contributed by atoms with E-state index >= 15 is 0 Å². The van der Waals surface area contributed by atoms with Gasteiger partial charge in [-0.25, -0.2) is 0 Å². The molecule has 0 bridgehead atoms. The number of hydrogen-bond acceptors (Lipinski definition) is 3. The predicted molar refractivity (Wildman–Crippen MR) is 59.4 cm³/mol. The van der Waals surface area contributed by atoms with Crippen LogP contribution in [0.25, 0.3) is 0 Å². The van der Waals surface area contributed by atoms with E-state index in [4.69, 9.17) is 0 Å². The van der Waals surface area contributed by atoms with E-state index < -0.39 is 0 Å². The van der Waals surface area contributed by atoms with E-state index in [2.05, 4.69) is 29.0 Å². The average molecular weight is 200 g/mol. The third kappa shape index (κ3) is 2.61. The van der Waals surface area contributed by atoms with Gasteiger partial charge in [-0.2, -0.15) is 11.8 Å². The van der Waals surface area contributed by atoms with Crippen LogP contribution in [0.15, 0.2) is 0 Å². The first-order chi connectivity index (χ1) is 6.36. The Morgan fingerprint density at radius 2 is 2.38 bits per heavy atom. The molecule has 2 nitrogen and oxygen atoms in total. The van der Waals surface area contributed by atoms with Crippen LogP contribution in [-0.2, 0) is 0 Å². The van der Waals surface area contributed by atoms with E-state index in [-0.39, 0.29) is 0 Å². The lowest BCUT2D eigenvalue weighted by Crippen LogP contribution is -2.41. The second-order valence-corrected chi connectivity index (χ2v) is 5.40. The monoisotopic (exact) mass is 200 g/mol. The molecule has 0 aliphatic carbocycles. The number of likely N-dealkylation sites (N-methyl/N-ethyl adjacent to an activating group) is 1. The molecule has 1 unspecified atom stereocenters. The molecular formula is C10H20N2S. The molecule has 2 aliphatic rings. The molecular weight excluding hydrogens is 180 g/mol. The van der Waals surface area contributed by atoms with Gasteiger partial charge in [0, 0.05) is 24.4 Å². The smallest absolute Gasteiger partial charge is 0.0195 e. The fourth-order valence-electron chi connectivity index (χ4n) is 2.28. The number of thioether (sulfide) groups is 1. The van der Waals surface area contributed by atoms with Crippen LogP contribution >= 0.6 is 11.8 Å². The molecule has 76 valence electrons. The van der Waals surface area contributed by atoms with Crippen LogP contribution in [-0.4, -0.2) is 48.6 Å². The zero-order valence-electron chi connectivity index (χ0n) is 8.46. The van der Waals surface area contributed by atoms with Crippen molar-refractivity contribution in [2.45, 2.75) is 31.3 Å². The Labute approximate surface area is 85.4 Å². The number of nitrogens with one attached hydrogen (secondary N) is 1. The highest BCUT2D eigenvalue weighted by atomic mass is 32.2. The van der Waals surface area contributed by atoms with Gasteiger partial charge >= 0.3 is 0 Å². The van der Waals surface area contributed by atoms with E-state index in [9.17, 15) is 0 Å². The fourth-order valence-corrected chi connectivity index (χ4v) is 3.58. The minimum absolute atomic E-state index is 0.774. The summed E-state index contributed by atoms with van der Waals surface area (Å²) in [7, 11) is 2.29. The minimum Gasteiger partial charge on any atom is -0.313 e. The molecule has 2 heterocycles. The fraction of sp³-hybridized carbons (Fsp3) is 1.00. The van der Waals surface area contributed by atoms with Crippen molar-refractivity contribution in [3.63, 3.8) is 0 Å². The lowest BCUT2D eigenvalue weighted by molar-refractivity contribution is 0.239. The SMILES string of the molecule is CN(C[C@H]1CCCN1)C1CCSC1. The molecule has 0 radical (unpaired) electrons. The maximum atomic E-state index is 3.56. The molecule has 13 heavy (non-hydrogen) atoms. The zero-order chi connectivity index (χ0) is 9.10. The summed E-state index contributed by atoms with van der Waals surface area (Å²) in [4.78, 5) is 2.56. The summed E-state index contributed by atoms with van der Waals surface area (Å²) in [6.07, 6.45) is 4.15. The molecule has 0 spiro atoms. The highest BCUT2D eigenvalue weighted by Gasteiger charge is 2.23. The summed E-state index contributed by atoms with van der Waals surface area (Å²) in [5, 5.41) is 3.56. The molecule has 1 N–H and O–H groups in total. The molecule has 0 amide bonds. The first-order valence-electron chi connectivity index (χ1n) is 5.37. The van der Waals surface area contributed by atoms with Crippen LogP contribution in [0.1, 0.15) is 19.3 Å². The van der Waals surface area contributed by atoms with Crippen LogP contribution in [0.4, 0.5) is 0 Å². The van der Waals surface area contributed by atoms with Crippen LogP contribution in [0.5, 0.6) is 0 Å². The molecule has 0 aromatic heterocycles. The molecule has 2 aliphatic heterocycles. The number of hydrogen-bond donors (Lipinski definition) is 1. The van der Waals surface area contributed by atoms with Gasteiger partial charge in [-0.3, -0.25) is 0 Å². The maximum Gasteiger partial charge on any atom is 0.0195 e. The van der Waals surface area contributed by atoms with Crippen molar-refractivity contribution in [1.29, 1.82) is 0 Å². The minimum atomic E-state index is 0.774. The lowest BCUT2D eigenvalue weighted by atomic mass is 10.2.